The van der Waals surface area contributed by atoms with Crippen LogP contribution in [0.2, 0.25) is 0 Å². The van der Waals surface area contributed by atoms with E-state index < -0.39 is 5.97 Å². The maximum Gasteiger partial charge on any atom is 0.353 e. The van der Waals surface area contributed by atoms with Gasteiger partial charge in [0, 0.05) is 22.6 Å². The van der Waals surface area contributed by atoms with Crippen LogP contribution in [0.1, 0.15) is 48.0 Å². The second-order valence-electron chi connectivity index (χ2n) is 7.20. The molecule has 27 heavy (non-hydrogen) atoms. The third-order valence-corrected chi connectivity index (χ3v) is 6.92. The number of nitrogens with zero attached hydrogens (tertiary/aromatic N) is 3. The van der Waals surface area contributed by atoms with Gasteiger partial charge in [-0.3, -0.25) is 19.2 Å². The molecule has 3 heterocycles. The van der Waals surface area contributed by atoms with Crippen LogP contribution in [-0.2, 0) is 25.7 Å². The van der Waals surface area contributed by atoms with Gasteiger partial charge in [-0.25, -0.2) is 4.79 Å². The highest BCUT2D eigenvalue weighted by atomic mass is 32.2. The van der Waals surface area contributed by atoms with E-state index in [1.165, 1.54) is 29.2 Å². The van der Waals surface area contributed by atoms with Crippen molar-refractivity contribution in [2.24, 2.45) is 0 Å². The van der Waals surface area contributed by atoms with Crippen LogP contribution in [0, 0.1) is 0 Å². The number of carbonyl (C=O) groups is 3. The summed E-state index contributed by atoms with van der Waals surface area (Å²) in [5.74, 6) is -0.923. The lowest BCUT2D eigenvalue weighted by Crippen LogP contribution is -2.51. The normalized spacial score (nSPS) is 28.9. The number of fused-ring (bicyclic) bond motifs is 6. The largest absolute Gasteiger partial charge is 0.477 e. The molecule has 0 aromatic carbocycles. The van der Waals surface area contributed by atoms with Gasteiger partial charge in [0.05, 0.1) is 18.4 Å². The number of thioether (sulfide) groups is 1. The third-order valence-electron chi connectivity index (χ3n) is 5.84. The molecular formula is C18H17N3O5S. The van der Waals surface area contributed by atoms with Gasteiger partial charge in [0.15, 0.2) is 0 Å². The number of β-lactam (4-membered cyclic amide) rings is 1. The Hall–Kier alpha value is -2.55. The van der Waals surface area contributed by atoms with Crippen molar-refractivity contribution in [3.8, 4) is 0 Å². The number of ether oxygens (including phenoxy) is 1. The van der Waals surface area contributed by atoms with Crippen LogP contribution in [0.15, 0.2) is 16.7 Å². The van der Waals surface area contributed by atoms with Gasteiger partial charge in [0.1, 0.15) is 17.6 Å². The topological polar surface area (TPSA) is 102 Å². The van der Waals surface area contributed by atoms with Gasteiger partial charge in [-0.1, -0.05) is 0 Å². The average Bonchev–Trinajstić information content (AvgIpc) is 3.40. The molecule has 4 aliphatic rings. The van der Waals surface area contributed by atoms with Crippen LogP contribution in [0.25, 0.3) is 6.08 Å². The van der Waals surface area contributed by atoms with Crippen LogP contribution in [-0.4, -0.2) is 50.1 Å². The number of aromatic nitrogens is 2. The quantitative estimate of drug-likeness (QED) is 0.476. The SMILES string of the molecule is COC(=O)Cn1nc(/C=C2/C(=O)N3C(C(=O)O)=CS[C@H]23)c2c1C1CCC2C1. The first kappa shape index (κ1) is 16.6. The minimum atomic E-state index is -1.10. The van der Waals surface area contributed by atoms with E-state index in [1.54, 1.807) is 10.8 Å². The van der Waals surface area contributed by atoms with Crippen molar-refractivity contribution in [3.05, 3.63) is 33.6 Å². The van der Waals surface area contributed by atoms with Gasteiger partial charge in [-0.2, -0.15) is 5.10 Å². The fraction of sp³-hybridized carbons (Fsp3) is 0.444. The number of aliphatic carboxylic acids is 1. The number of esters is 1. The van der Waals surface area contributed by atoms with E-state index in [-0.39, 0.29) is 29.5 Å². The number of carbonyl (C=O) groups excluding carboxylic acids is 2. The fourth-order valence-electron chi connectivity index (χ4n) is 4.68. The van der Waals surface area contributed by atoms with E-state index in [2.05, 4.69) is 5.10 Å². The summed E-state index contributed by atoms with van der Waals surface area (Å²) in [4.78, 5) is 36.8. The van der Waals surface area contributed by atoms with Crippen LogP contribution >= 0.6 is 11.8 Å². The molecule has 1 aromatic rings. The maximum absolute atomic E-state index is 12.5. The molecule has 2 fully saturated rings. The summed E-state index contributed by atoms with van der Waals surface area (Å²) in [5.41, 5.74) is 3.54. The number of hydrogen-bond donors (Lipinski definition) is 1. The lowest BCUT2D eigenvalue weighted by Gasteiger charge is -2.37. The Labute approximate surface area is 158 Å². The molecule has 2 aliphatic heterocycles. The summed E-state index contributed by atoms with van der Waals surface area (Å²) in [6.45, 7) is 0.0637. The molecule has 1 aromatic heterocycles. The van der Waals surface area contributed by atoms with E-state index in [0.29, 0.717) is 17.4 Å². The molecule has 3 atom stereocenters. The first-order valence-corrected chi connectivity index (χ1v) is 9.75. The van der Waals surface area contributed by atoms with E-state index >= 15 is 0 Å². The Morgan fingerprint density at radius 1 is 1.41 bits per heavy atom. The predicted octanol–water partition coefficient (Wildman–Crippen LogP) is 1.65. The lowest BCUT2D eigenvalue weighted by atomic mass is 9.93. The molecule has 8 nitrogen and oxygen atoms in total. The highest BCUT2D eigenvalue weighted by Crippen LogP contribution is 2.55. The highest BCUT2D eigenvalue weighted by Gasteiger charge is 2.50. The molecule has 9 heteroatoms. The van der Waals surface area contributed by atoms with E-state index in [1.807, 2.05) is 0 Å². The van der Waals surface area contributed by atoms with Gasteiger partial charge >= 0.3 is 11.9 Å². The molecule has 2 aliphatic carbocycles. The molecule has 1 saturated heterocycles. The first-order chi connectivity index (χ1) is 13.0. The number of methoxy groups -OCH3 is 1. The Morgan fingerprint density at radius 3 is 2.93 bits per heavy atom. The number of amides is 1. The van der Waals surface area contributed by atoms with Gasteiger partial charge in [-0.15, -0.1) is 11.8 Å². The molecule has 1 N–H and O–H groups in total. The van der Waals surface area contributed by atoms with Gasteiger partial charge in [0.25, 0.3) is 5.91 Å². The van der Waals surface area contributed by atoms with Crippen molar-refractivity contribution in [2.45, 2.75) is 43.0 Å². The van der Waals surface area contributed by atoms with Crippen LogP contribution in [0.3, 0.4) is 0 Å². The van der Waals surface area contributed by atoms with Crippen LogP contribution in [0.4, 0.5) is 0 Å². The van der Waals surface area contributed by atoms with E-state index in [9.17, 15) is 19.5 Å². The monoisotopic (exact) mass is 387 g/mol. The molecule has 140 valence electrons. The van der Waals surface area contributed by atoms with Crippen molar-refractivity contribution >= 4 is 35.7 Å². The minimum Gasteiger partial charge on any atom is -0.477 e. The highest BCUT2D eigenvalue weighted by molar-refractivity contribution is 8.03. The zero-order valence-electron chi connectivity index (χ0n) is 14.5. The number of carboxylic acid groups (broad SMARTS) is 1. The van der Waals surface area contributed by atoms with Crippen molar-refractivity contribution in [2.75, 3.05) is 7.11 Å². The third kappa shape index (κ3) is 2.24. The van der Waals surface area contributed by atoms with Crippen molar-refractivity contribution < 1.29 is 24.2 Å². The molecule has 1 saturated carbocycles. The van der Waals surface area contributed by atoms with Gasteiger partial charge < -0.3 is 9.84 Å². The second-order valence-corrected chi connectivity index (χ2v) is 8.15. The van der Waals surface area contributed by atoms with E-state index in [0.717, 1.165) is 36.2 Å². The maximum atomic E-state index is 12.5. The zero-order valence-corrected chi connectivity index (χ0v) is 15.4. The molecule has 0 spiro atoms. The minimum absolute atomic E-state index is 0.0210. The first-order valence-electron chi connectivity index (χ1n) is 8.81. The van der Waals surface area contributed by atoms with Crippen molar-refractivity contribution in [1.29, 1.82) is 0 Å². The smallest absolute Gasteiger partial charge is 0.353 e. The number of hydrogen-bond acceptors (Lipinski definition) is 6. The molecule has 5 rings (SSSR count). The fourth-order valence-corrected chi connectivity index (χ4v) is 5.80. The van der Waals surface area contributed by atoms with Crippen LogP contribution in [0.5, 0.6) is 0 Å². The Morgan fingerprint density at radius 2 is 2.19 bits per heavy atom. The number of carboxylic acids is 1. The number of rotatable bonds is 4. The molecule has 2 unspecified atom stereocenters. The summed E-state index contributed by atoms with van der Waals surface area (Å²) < 4.78 is 6.51. The lowest BCUT2D eigenvalue weighted by molar-refractivity contribution is -0.141. The molecule has 2 bridgehead atoms. The zero-order chi connectivity index (χ0) is 18.9. The summed E-state index contributed by atoms with van der Waals surface area (Å²) in [6.07, 6.45) is 5.04. The molecular weight excluding hydrogens is 370 g/mol. The standard InChI is InChI=1S/C18H17N3O5S/c1-26-13(22)6-20-15-9-3-2-8(4-9)14(15)11(19-20)5-10-16(23)21-12(18(24)25)7-27-17(10)21/h5,7-9,17H,2-4,6H2,1H3,(H,24,25)/b10-5-/t8?,9?,17-/m1/s1. The van der Waals surface area contributed by atoms with Crippen molar-refractivity contribution in [3.63, 3.8) is 0 Å². The Kier molecular flexibility index (Phi) is 3.52. The van der Waals surface area contributed by atoms with Gasteiger partial charge in [0.2, 0.25) is 0 Å². The summed E-state index contributed by atoms with van der Waals surface area (Å²) in [5, 5.41) is 15.0. The molecule has 1 amide bonds. The van der Waals surface area contributed by atoms with Gasteiger partial charge in [-0.05, 0) is 31.3 Å². The van der Waals surface area contributed by atoms with Crippen LogP contribution < -0.4 is 0 Å². The summed E-state index contributed by atoms with van der Waals surface area (Å²) >= 11 is 1.31. The predicted molar refractivity (Wildman–Crippen MR) is 95.5 cm³/mol. The summed E-state index contributed by atoms with van der Waals surface area (Å²) in [7, 11) is 1.35. The Balaban J connectivity index is 1.51. The van der Waals surface area contributed by atoms with Crippen molar-refractivity contribution in [1.82, 2.24) is 14.7 Å². The molecule has 0 radical (unpaired) electrons. The second kappa shape index (κ2) is 5.72. The van der Waals surface area contributed by atoms with E-state index in [4.69, 9.17) is 4.74 Å². The Bertz CT molecular complexity index is 962. The average molecular weight is 387 g/mol. The summed E-state index contributed by atoms with van der Waals surface area (Å²) in [6, 6.07) is 0.